The number of nitrogens with zero attached hydrogens (tertiary/aromatic N) is 2. The lowest BCUT2D eigenvalue weighted by atomic mass is 9.89. The highest BCUT2D eigenvalue weighted by molar-refractivity contribution is 7.09. The molecular formula is C17H24N2O3S. The van der Waals surface area contributed by atoms with Gasteiger partial charge in [0.15, 0.2) is 0 Å². The molecule has 1 amide bonds. The Bertz CT molecular complexity index is 530. The molecule has 5 nitrogen and oxygen atoms in total. The van der Waals surface area contributed by atoms with E-state index in [1.165, 1.54) is 4.88 Å². The van der Waals surface area contributed by atoms with Crippen molar-refractivity contribution < 1.29 is 14.4 Å². The van der Waals surface area contributed by atoms with Crippen LogP contribution in [0.5, 0.6) is 0 Å². The van der Waals surface area contributed by atoms with Crippen molar-refractivity contribution in [2.45, 2.75) is 44.4 Å². The summed E-state index contributed by atoms with van der Waals surface area (Å²) in [7, 11) is 0. The number of piperidine rings is 1. The third kappa shape index (κ3) is 3.31. The fraction of sp³-hybridized carbons (Fsp3) is 0.706. The number of likely N-dealkylation sites (tertiary alicyclic amines) is 1. The molecule has 3 aliphatic heterocycles. The summed E-state index contributed by atoms with van der Waals surface area (Å²) in [6.45, 7) is 3.96. The zero-order valence-electron chi connectivity index (χ0n) is 13.4. The van der Waals surface area contributed by atoms with E-state index in [9.17, 15) is 4.79 Å². The van der Waals surface area contributed by atoms with E-state index in [1.54, 1.807) is 16.4 Å². The summed E-state index contributed by atoms with van der Waals surface area (Å²) in [6, 6.07) is 4.73. The number of carbonyl (C=O) groups excluding carboxylic acids is 1. The van der Waals surface area contributed by atoms with Gasteiger partial charge < -0.3 is 4.74 Å². The highest BCUT2D eigenvalue weighted by Crippen LogP contribution is 2.34. The second-order valence-corrected chi connectivity index (χ2v) is 7.72. The minimum atomic E-state index is -0.00703. The first kappa shape index (κ1) is 15.6. The van der Waals surface area contributed by atoms with Crippen LogP contribution in [-0.2, 0) is 20.9 Å². The molecule has 3 aliphatic rings. The van der Waals surface area contributed by atoms with Gasteiger partial charge in [-0.05, 0) is 37.1 Å². The number of hydroxylamine groups is 2. The molecule has 1 aromatic rings. The normalized spacial score (nSPS) is 32.0. The summed E-state index contributed by atoms with van der Waals surface area (Å²) in [4.78, 5) is 22.2. The van der Waals surface area contributed by atoms with Gasteiger partial charge in [-0.15, -0.1) is 11.3 Å². The van der Waals surface area contributed by atoms with Crippen LogP contribution in [0.4, 0.5) is 0 Å². The molecule has 126 valence electrons. The van der Waals surface area contributed by atoms with Crippen LogP contribution in [-0.4, -0.2) is 54.3 Å². The fourth-order valence-electron chi connectivity index (χ4n) is 3.99. The van der Waals surface area contributed by atoms with Gasteiger partial charge in [-0.2, -0.15) is 0 Å². The van der Waals surface area contributed by atoms with Gasteiger partial charge in [-0.3, -0.25) is 14.5 Å². The SMILES string of the molecule is O=C([C@@H]1C[C@@H]2OCC[C@@H]2N(Cc2cccs2)C1)N1CCCCO1. The molecular weight excluding hydrogens is 312 g/mol. The summed E-state index contributed by atoms with van der Waals surface area (Å²) in [5, 5.41) is 3.72. The third-order valence-corrected chi connectivity index (χ3v) is 6.01. The molecule has 6 heteroatoms. The molecule has 0 radical (unpaired) electrons. The van der Waals surface area contributed by atoms with Gasteiger partial charge in [0, 0.05) is 37.2 Å². The minimum Gasteiger partial charge on any atom is -0.377 e. The van der Waals surface area contributed by atoms with Crippen LogP contribution < -0.4 is 0 Å². The molecule has 4 rings (SSSR count). The summed E-state index contributed by atoms with van der Waals surface area (Å²) < 4.78 is 5.92. The first-order chi connectivity index (χ1) is 11.3. The second-order valence-electron chi connectivity index (χ2n) is 6.69. The summed E-state index contributed by atoms with van der Waals surface area (Å²) in [5.74, 6) is 0.141. The maximum atomic E-state index is 12.8. The predicted octanol–water partition coefficient (Wildman–Crippen LogP) is 2.28. The van der Waals surface area contributed by atoms with Gasteiger partial charge in [-0.1, -0.05) is 6.07 Å². The van der Waals surface area contributed by atoms with E-state index < -0.39 is 0 Å². The molecule has 1 aromatic heterocycles. The molecule has 0 unspecified atom stereocenters. The van der Waals surface area contributed by atoms with Crippen molar-refractivity contribution in [1.82, 2.24) is 9.96 Å². The Labute approximate surface area is 141 Å². The van der Waals surface area contributed by atoms with Gasteiger partial charge in [0.1, 0.15) is 0 Å². The summed E-state index contributed by atoms with van der Waals surface area (Å²) in [5.41, 5.74) is 0. The molecule has 3 saturated heterocycles. The van der Waals surface area contributed by atoms with Crippen molar-refractivity contribution in [3.05, 3.63) is 22.4 Å². The Kier molecular flexibility index (Phi) is 4.66. The van der Waals surface area contributed by atoms with Crippen molar-refractivity contribution in [3.8, 4) is 0 Å². The number of ether oxygens (including phenoxy) is 1. The Balaban J connectivity index is 1.46. The Morgan fingerprint density at radius 3 is 3.09 bits per heavy atom. The van der Waals surface area contributed by atoms with Crippen LogP contribution in [0.15, 0.2) is 17.5 Å². The number of thiophene rings is 1. The molecule has 3 fully saturated rings. The van der Waals surface area contributed by atoms with E-state index in [4.69, 9.17) is 9.57 Å². The zero-order valence-corrected chi connectivity index (χ0v) is 14.2. The number of amides is 1. The van der Waals surface area contributed by atoms with Crippen LogP contribution in [0, 0.1) is 5.92 Å². The maximum absolute atomic E-state index is 12.8. The lowest BCUT2D eigenvalue weighted by Crippen LogP contribution is -2.53. The van der Waals surface area contributed by atoms with Crippen LogP contribution >= 0.6 is 11.3 Å². The zero-order chi connectivity index (χ0) is 15.6. The fourth-order valence-corrected chi connectivity index (χ4v) is 4.72. The Morgan fingerprint density at radius 1 is 1.35 bits per heavy atom. The number of hydrogen-bond donors (Lipinski definition) is 0. The quantitative estimate of drug-likeness (QED) is 0.849. The molecule has 0 saturated carbocycles. The minimum absolute atomic E-state index is 0.00703. The van der Waals surface area contributed by atoms with E-state index in [-0.39, 0.29) is 17.9 Å². The smallest absolute Gasteiger partial charge is 0.250 e. The first-order valence-corrected chi connectivity index (χ1v) is 9.51. The average Bonchev–Trinajstić information content (AvgIpc) is 3.26. The van der Waals surface area contributed by atoms with Gasteiger partial charge in [0.2, 0.25) is 0 Å². The Hall–Kier alpha value is -0.950. The van der Waals surface area contributed by atoms with Crippen LogP contribution in [0.2, 0.25) is 0 Å². The van der Waals surface area contributed by atoms with Gasteiger partial charge in [-0.25, -0.2) is 5.06 Å². The molecule has 3 atom stereocenters. The van der Waals surface area contributed by atoms with Crippen LogP contribution in [0.25, 0.3) is 0 Å². The molecule has 0 aliphatic carbocycles. The van der Waals surface area contributed by atoms with Gasteiger partial charge >= 0.3 is 0 Å². The van der Waals surface area contributed by atoms with Crippen molar-refractivity contribution >= 4 is 17.2 Å². The standard InChI is InChI=1S/C17H24N2O3S/c20-17(19-6-1-2-7-22-19)13-10-16-15(5-8-21-16)18(11-13)12-14-4-3-9-23-14/h3-4,9,13,15-16H,1-2,5-8,10-12H2/t13-,15+,16+/m1/s1. The summed E-state index contributed by atoms with van der Waals surface area (Å²) in [6.07, 6.45) is 4.20. The number of hydrogen-bond acceptors (Lipinski definition) is 5. The van der Waals surface area contributed by atoms with Gasteiger partial charge in [0.05, 0.1) is 18.6 Å². The lowest BCUT2D eigenvalue weighted by Gasteiger charge is -2.41. The van der Waals surface area contributed by atoms with Crippen molar-refractivity contribution in [2.24, 2.45) is 5.92 Å². The first-order valence-electron chi connectivity index (χ1n) is 8.63. The predicted molar refractivity (Wildman–Crippen MR) is 87.9 cm³/mol. The van der Waals surface area contributed by atoms with E-state index in [1.807, 2.05) is 0 Å². The second kappa shape index (κ2) is 6.89. The number of rotatable bonds is 3. The van der Waals surface area contributed by atoms with E-state index >= 15 is 0 Å². The van der Waals surface area contributed by atoms with Crippen LogP contribution in [0.3, 0.4) is 0 Å². The highest BCUT2D eigenvalue weighted by atomic mass is 32.1. The Morgan fingerprint density at radius 2 is 2.30 bits per heavy atom. The van der Waals surface area contributed by atoms with E-state index in [2.05, 4.69) is 22.4 Å². The van der Waals surface area contributed by atoms with Crippen molar-refractivity contribution in [3.63, 3.8) is 0 Å². The topological polar surface area (TPSA) is 42.0 Å². The average molecular weight is 336 g/mol. The number of fused-ring (bicyclic) bond motifs is 1. The maximum Gasteiger partial charge on any atom is 0.250 e. The van der Waals surface area contributed by atoms with Gasteiger partial charge in [0.25, 0.3) is 5.91 Å². The van der Waals surface area contributed by atoms with Crippen molar-refractivity contribution in [2.75, 3.05) is 26.3 Å². The molecule has 4 heterocycles. The molecule has 0 bridgehead atoms. The highest BCUT2D eigenvalue weighted by Gasteiger charge is 2.43. The molecule has 0 aromatic carbocycles. The van der Waals surface area contributed by atoms with Crippen LogP contribution in [0.1, 0.15) is 30.6 Å². The van der Waals surface area contributed by atoms with E-state index in [0.717, 1.165) is 51.9 Å². The lowest BCUT2D eigenvalue weighted by molar-refractivity contribution is -0.204. The monoisotopic (exact) mass is 336 g/mol. The van der Waals surface area contributed by atoms with E-state index in [0.29, 0.717) is 12.6 Å². The number of carbonyl (C=O) groups is 1. The van der Waals surface area contributed by atoms with Crippen molar-refractivity contribution in [1.29, 1.82) is 0 Å². The molecule has 23 heavy (non-hydrogen) atoms. The summed E-state index contributed by atoms with van der Waals surface area (Å²) >= 11 is 1.79. The largest absolute Gasteiger partial charge is 0.377 e. The third-order valence-electron chi connectivity index (χ3n) is 5.15. The molecule has 0 N–H and O–H groups in total. The molecule has 0 spiro atoms.